The van der Waals surface area contributed by atoms with Crippen molar-refractivity contribution in [1.29, 1.82) is 0 Å². The summed E-state index contributed by atoms with van der Waals surface area (Å²) in [6, 6.07) is 10.5. The third-order valence-corrected chi connectivity index (χ3v) is 5.90. The Morgan fingerprint density at radius 3 is 2.50 bits per heavy atom. The molecule has 3 nitrogen and oxygen atoms in total. The molecule has 1 saturated carbocycles. The molecule has 1 aromatic rings. The van der Waals surface area contributed by atoms with E-state index in [1.165, 1.54) is 37.7 Å². The number of nitrogens with zero attached hydrogens (tertiary/aromatic N) is 1. The standard InChI is InChI=1S/C20H30N2O.ClH/c1-15(16-8-4-2-5-9-16)12-20(23)22-13-18(19(21)14-22)17-10-6-3-7-11-17;/h3,6-7,10-11,15-16,18-19H,2,4-5,8-9,12-14,21H2,1H3;1H/t15?,18-,19+;/m0./s1. The summed E-state index contributed by atoms with van der Waals surface area (Å²) in [5, 5.41) is 0. The summed E-state index contributed by atoms with van der Waals surface area (Å²) in [6.45, 7) is 3.75. The van der Waals surface area contributed by atoms with Crippen molar-refractivity contribution in [2.75, 3.05) is 13.1 Å². The minimum absolute atomic E-state index is 0. The molecular weight excluding hydrogens is 320 g/mol. The number of hydrogen-bond donors (Lipinski definition) is 1. The first-order valence-corrected chi connectivity index (χ1v) is 9.23. The fraction of sp³-hybridized carbons (Fsp3) is 0.650. The summed E-state index contributed by atoms with van der Waals surface area (Å²) in [4.78, 5) is 14.7. The highest BCUT2D eigenvalue weighted by molar-refractivity contribution is 5.85. The third-order valence-electron chi connectivity index (χ3n) is 5.90. The number of benzene rings is 1. The van der Waals surface area contributed by atoms with Gasteiger partial charge in [0.15, 0.2) is 0 Å². The molecule has 4 heteroatoms. The van der Waals surface area contributed by atoms with Crippen molar-refractivity contribution in [2.24, 2.45) is 17.6 Å². The van der Waals surface area contributed by atoms with Crippen molar-refractivity contribution in [3.8, 4) is 0 Å². The Bertz CT molecular complexity index is 516. The second-order valence-electron chi connectivity index (χ2n) is 7.56. The summed E-state index contributed by atoms with van der Waals surface area (Å²) in [5.74, 6) is 1.84. The van der Waals surface area contributed by atoms with Crippen molar-refractivity contribution >= 4 is 18.3 Å². The van der Waals surface area contributed by atoms with Gasteiger partial charge in [0.2, 0.25) is 5.91 Å². The minimum atomic E-state index is 0. The van der Waals surface area contributed by atoms with Crippen LogP contribution in [0.3, 0.4) is 0 Å². The summed E-state index contributed by atoms with van der Waals surface area (Å²) < 4.78 is 0. The van der Waals surface area contributed by atoms with Crippen LogP contribution in [0.2, 0.25) is 0 Å². The van der Waals surface area contributed by atoms with Gasteiger partial charge < -0.3 is 10.6 Å². The molecule has 24 heavy (non-hydrogen) atoms. The summed E-state index contributed by atoms with van der Waals surface area (Å²) >= 11 is 0. The number of nitrogens with two attached hydrogens (primary N) is 1. The lowest BCUT2D eigenvalue weighted by molar-refractivity contribution is -0.131. The molecule has 1 unspecified atom stereocenters. The number of hydrogen-bond acceptors (Lipinski definition) is 2. The highest BCUT2D eigenvalue weighted by Gasteiger charge is 2.34. The third kappa shape index (κ3) is 4.52. The number of rotatable bonds is 4. The zero-order valence-corrected chi connectivity index (χ0v) is 15.5. The lowest BCUT2D eigenvalue weighted by Gasteiger charge is -2.28. The molecule has 2 fully saturated rings. The van der Waals surface area contributed by atoms with Crippen molar-refractivity contribution < 1.29 is 4.79 Å². The first-order chi connectivity index (χ1) is 11.1. The Balaban J connectivity index is 0.00000208. The van der Waals surface area contributed by atoms with Crippen molar-refractivity contribution in [1.82, 2.24) is 4.90 Å². The van der Waals surface area contributed by atoms with E-state index in [9.17, 15) is 4.79 Å². The number of carbonyl (C=O) groups is 1. The van der Waals surface area contributed by atoms with E-state index in [1.807, 2.05) is 11.0 Å². The highest BCUT2D eigenvalue weighted by Crippen LogP contribution is 2.33. The number of halogens is 1. The molecule has 1 aromatic carbocycles. The van der Waals surface area contributed by atoms with Crippen molar-refractivity contribution in [2.45, 2.75) is 57.4 Å². The molecule has 0 bridgehead atoms. The average Bonchev–Trinajstić information content (AvgIpc) is 2.98. The quantitative estimate of drug-likeness (QED) is 0.893. The lowest BCUT2D eigenvalue weighted by Crippen LogP contribution is -2.33. The largest absolute Gasteiger partial charge is 0.340 e. The van der Waals surface area contributed by atoms with E-state index in [-0.39, 0.29) is 24.4 Å². The number of likely N-dealkylation sites (tertiary alicyclic amines) is 1. The van der Waals surface area contributed by atoms with Gasteiger partial charge in [-0.05, 0) is 17.4 Å². The van der Waals surface area contributed by atoms with Gasteiger partial charge >= 0.3 is 0 Å². The highest BCUT2D eigenvalue weighted by atomic mass is 35.5. The predicted molar refractivity (Wildman–Crippen MR) is 101 cm³/mol. The number of carbonyl (C=O) groups excluding carboxylic acids is 1. The van der Waals surface area contributed by atoms with E-state index in [0.29, 0.717) is 24.8 Å². The van der Waals surface area contributed by atoms with Gasteiger partial charge in [-0.2, -0.15) is 0 Å². The van der Waals surface area contributed by atoms with E-state index in [2.05, 4.69) is 31.2 Å². The number of amides is 1. The van der Waals surface area contributed by atoms with E-state index < -0.39 is 0 Å². The smallest absolute Gasteiger partial charge is 0.222 e. The maximum atomic E-state index is 12.7. The Morgan fingerprint density at radius 2 is 1.83 bits per heavy atom. The molecule has 1 aliphatic carbocycles. The van der Waals surface area contributed by atoms with Gasteiger partial charge in [0, 0.05) is 31.5 Å². The molecule has 0 spiro atoms. The maximum Gasteiger partial charge on any atom is 0.222 e. The van der Waals surface area contributed by atoms with Gasteiger partial charge in [-0.3, -0.25) is 4.79 Å². The first kappa shape index (κ1) is 19.3. The van der Waals surface area contributed by atoms with Crippen LogP contribution in [0, 0.1) is 11.8 Å². The molecule has 3 rings (SSSR count). The van der Waals surface area contributed by atoms with E-state index >= 15 is 0 Å². The summed E-state index contributed by atoms with van der Waals surface area (Å²) in [5.41, 5.74) is 7.58. The molecule has 0 aromatic heterocycles. The first-order valence-electron chi connectivity index (χ1n) is 9.23. The van der Waals surface area contributed by atoms with Crippen LogP contribution in [0.5, 0.6) is 0 Å². The van der Waals surface area contributed by atoms with Gasteiger partial charge in [-0.15, -0.1) is 12.4 Å². The Kier molecular flexibility index (Phi) is 7.12. The van der Waals surface area contributed by atoms with Gasteiger partial charge in [0.05, 0.1) is 0 Å². The molecule has 1 saturated heterocycles. The van der Waals surface area contributed by atoms with Crippen LogP contribution in [-0.4, -0.2) is 29.9 Å². The Hall–Kier alpha value is -1.06. The fourth-order valence-corrected chi connectivity index (χ4v) is 4.36. The van der Waals surface area contributed by atoms with E-state index in [4.69, 9.17) is 5.73 Å². The lowest BCUT2D eigenvalue weighted by atomic mass is 9.79. The molecule has 1 heterocycles. The van der Waals surface area contributed by atoms with Gasteiger partial charge in [-0.1, -0.05) is 69.4 Å². The van der Waals surface area contributed by atoms with E-state index in [1.54, 1.807) is 0 Å². The van der Waals surface area contributed by atoms with Gasteiger partial charge in [-0.25, -0.2) is 0 Å². The predicted octanol–water partition coefficient (Wildman–Crippen LogP) is 3.97. The average molecular weight is 351 g/mol. The monoisotopic (exact) mass is 350 g/mol. The van der Waals surface area contributed by atoms with Crippen LogP contribution in [0.1, 0.15) is 56.9 Å². The van der Waals surface area contributed by atoms with Crippen LogP contribution in [0.4, 0.5) is 0 Å². The fourth-order valence-electron chi connectivity index (χ4n) is 4.36. The van der Waals surface area contributed by atoms with Crippen molar-refractivity contribution in [3.05, 3.63) is 35.9 Å². The molecule has 2 N–H and O–H groups in total. The van der Waals surface area contributed by atoms with Crippen LogP contribution >= 0.6 is 12.4 Å². The zero-order valence-electron chi connectivity index (χ0n) is 14.7. The van der Waals surface area contributed by atoms with Crippen molar-refractivity contribution in [3.63, 3.8) is 0 Å². The molecule has 0 radical (unpaired) electrons. The topological polar surface area (TPSA) is 46.3 Å². The second-order valence-corrected chi connectivity index (χ2v) is 7.56. The SMILES string of the molecule is CC(CC(=O)N1C[C@@H](N)[C@H](c2ccccc2)C1)C1CCCCC1.Cl. The minimum Gasteiger partial charge on any atom is -0.340 e. The molecule has 1 aliphatic heterocycles. The normalized spacial score (nSPS) is 26.0. The summed E-state index contributed by atoms with van der Waals surface area (Å²) in [6.07, 6.45) is 7.36. The Morgan fingerprint density at radius 1 is 1.17 bits per heavy atom. The van der Waals surface area contributed by atoms with Gasteiger partial charge in [0.1, 0.15) is 0 Å². The molecule has 3 atom stereocenters. The van der Waals surface area contributed by atoms with Crippen LogP contribution < -0.4 is 5.73 Å². The van der Waals surface area contributed by atoms with Crippen LogP contribution in [0.25, 0.3) is 0 Å². The summed E-state index contributed by atoms with van der Waals surface area (Å²) in [7, 11) is 0. The van der Waals surface area contributed by atoms with Crippen LogP contribution in [0.15, 0.2) is 30.3 Å². The molecular formula is C20H31ClN2O. The molecule has 2 aliphatic rings. The molecule has 1 amide bonds. The Labute approximate surface area is 152 Å². The van der Waals surface area contributed by atoms with Gasteiger partial charge in [0.25, 0.3) is 0 Å². The van der Waals surface area contributed by atoms with E-state index in [0.717, 1.165) is 12.5 Å². The zero-order chi connectivity index (χ0) is 16.2. The molecule has 134 valence electrons. The van der Waals surface area contributed by atoms with Crippen LogP contribution in [-0.2, 0) is 4.79 Å². The maximum absolute atomic E-state index is 12.7. The second kappa shape index (κ2) is 8.87.